The first-order valence-electron chi connectivity index (χ1n) is 11.5. The molecule has 0 amide bonds. The summed E-state index contributed by atoms with van der Waals surface area (Å²) in [5, 5.41) is 0. The molecule has 1 aliphatic rings. The second-order valence-corrected chi connectivity index (χ2v) is 9.02. The highest BCUT2D eigenvalue weighted by Crippen LogP contribution is 2.19. The van der Waals surface area contributed by atoms with Gasteiger partial charge in [-0.05, 0) is 66.9 Å². The van der Waals surface area contributed by atoms with Gasteiger partial charge in [-0.25, -0.2) is 0 Å². The highest BCUT2D eigenvalue weighted by atomic mass is 16.1. The van der Waals surface area contributed by atoms with Gasteiger partial charge in [0.15, 0.2) is 11.6 Å². The van der Waals surface area contributed by atoms with Crippen molar-refractivity contribution in [2.45, 2.75) is 26.3 Å². The summed E-state index contributed by atoms with van der Waals surface area (Å²) < 4.78 is 0. The van der Waals surface area contributed by atoms with Crippen LogP contribution in [-0.4, -0.2) is 59.6 Å². The van der Waals surface area contributed by atoms with E-state index in [0.29, 0.717) is 11.3 Å². The molecule has 1 fully saturated rings. The summed E-state index contributed by atoms with van der Waals surface area (Å²) in [5.41, 5.74) is 5.33. The third-order valence-corrected chi connectivity index (χ3v) is 6.15. The van der Waals surface area contributed by atoms with E-state index in [1.165, 1.54) is 5.56 Å². The minimum Gasteiger partial charge on any atom is -0.304 e. The van der Waals surface area contributed by atoms with E-state index >= 15 is 0 Å². The van der Waals surface area contributed by atoms with Crippen molar-refractivity contribution in [3.8, 4) is 0 Å². The molecule has 1 aliphatic heterocycles. The molecule has 0 spiro atoms. The van der Waals surface area contributed by atoms with E-state index < -0.39 is 0 Å². The number of hydrogen-bond acceptors (Lipinski definition) is 5. The summed E-state index contributed by atoms with van der Waals surface area (Å²) in [6.07, 6.45) is 2.20. The largest absolute Gasteiger partial charge is 0.304 e. The Morgan fingerprint density at radius 2 is 1.58 bits per heavy atom. The first kappa shape index (κ1) is 23.0. The number of nitrogens with zero attached hydrogens (tertiary/aromatic N) is 3. The van der Waals surface area contributed by atoms with Crippen LogP contribution in [0.15, 0.2) is 66.9 Å². The predicted molar refractivity (Wildman–Crippen MR) is 131 cm³/mol. The Bertz CT molecular complexity index is 1120. The van der Waals surface area contributed by atoms with Crippen LogP contribution in [0.4, 0.5) is 0 Å². The van der Waals surface area contributed by atoms with Crippen LogP contribution < -0.4 is 0 Å². The van der Waals surface area contributed by atoms with Gasteiger partial charge in [0.05, 0.1) is 6.42 Å². The SMILES string of the molecule is Cc1ccnc(C(=O)CC(=O)c2cc(Cc3ccccc3)cc(CN3CCN(C)CC3)c2)c1. The molecule has 0 atom stereocenters. The summed E-state index contributed by atoms with van der Waals surface area (Å²) in [6, 6.07) is 20.0. The van der Waals surface area contributed by atoms with E-state index in [4.69, 9.17) is 0 Å². The fraction of sp³-hybridized carbons (Fsp3) is 0.321. The first-order chi connectivity index (χ1) is 16.0. The number of Topliss-reactive ketones (excluding diaryl/α,β-unsaturated/α-hetero) is 2. The van der Waals surface area contributed by atoms with E-state index in [2.05, 4.69) is 40.0 Å². The molecular formula is C28H31N3O2. The van der Waals surface area contributed by atoms with Gasteiger partial charge in [-0.3, -0.25) is 19.5 Å². The summed E-state index contributed by atoms with van der Waals surface area (Å²) in [6.45, 7) is 6.85. The van der Waals surface area contributed by atoms with Crippen LogP contribution in [0.1, 0.15) is 49.5 Å². The molecule has 1 aromatic heterocycles. The number of likely N-dealkylation sites (N-methyl/N-ethyl adjacent to an activating group) is 1. The average Bonchev–Trinajstić information content (AvgIpc) is 2.81. The molecule has 2 aromatic carbocycles. The third-order valence-electron chi connectivity index (χ3n) is 6.15. The van der Waals surface area contributed by atoms with Crippen molar-refractivity contribution in [2.24, 2.45) is 0 Å². The monoisotopic (exact) mass is 441 g/mol. The lowest BCUT2D eigenvalue weighted by molar-refractivity contribution is 0.0891. The molecule has 33 heavy (non-hydrogen) atoms. The highest BCUT2D eigenvalue weighted by molar-refractivity contribution is 6.13. The molecule has 5 nitrogen and oxygen atoms in total. The number of pyridine rings is 1. The van der Waals surface area contributed by atoms with Gasteiger partial charge in [-0.2, -0.15) is 0 Å². The van der Waals surface area contributed by atoms with Crippen molar-refractivity contribution in [1.29, 1.82) is 0 Å². The van der Waals surface area contributed by atoms with Gasteiger partial charge in [-0.15, -0.1) is 0 Å². The topological polar surface area (TPSA) is 53.5 Å². The Morgan fingerprint density at radius 1 is 0.848 bits per heavy atom. The van der Waals surface area contributed by atoms with Gasteiger partial charge < -0.3 is 4.90 Å². The maximum Gasteiger partial charge on any atom is 0.188 e. The zero-order chi connectivity index (χ0) is 23.2. The van der Waals surface area contributed by atoms with Crippen LogP contribution in [0.2, 0.25) is 0 Å². The van der Waals surface area contributed by atoms with Gasteiger partial charge in [-0.1, -0.05) is 36.4 Å². The molecule has 5 heteroatoms. The lowest BCUT2D eigenvalue weighted by Gasteiger charge is -2.32. The molecule has 4 rings (SSSR count). The fourth-order valence-corrected chi connectivity index (χ4v) is 4.24. The number of aryl methyl sites for hydroxylation is 1. The maximum atomic E-state index is 13.1. The fourth-order valence-electron chi connectivity index (χ4n) is 4.24. The third kappa shape index (κ3) is 6.44. The quantitative estimate of drug-likeness (QED) is 0.388. The normalized spacial score (nSPS) is 14.8. The molecule has 2 heterocycles. The van der Waals surface area contributed by atoms with Crippen molar-refractivity contribution in [3.05, 3.63) is 100 Å². The lowest BCUT2D eigenvalue weighted by atomic mass is 9.95. The highest BCUT2D eigenvalue weighted by Gasteiger charge is 2.18. The Morgan fingerprint density at radius 3 is 2.30 bits per heavy atom. The van der Waals surface area contributed by atoms with Crippen molar-refractivity contribution < 1.29 is 9.59 Å². The van der Waals surface area contributed by atoms with E-state index in [9.17, 15) is 9.59 Å². The van der Waals surface area contributed by atoms with E-state index in [1.807, 2.05) is 43.3 Å². The molecule has 1 saturated heterocycles. The standard InChI is InChI=1S/C28H31N3O2/c1-21-8-9-29-26(14-21)28(33)19-27(32)25-17-23(15-22-6-4-3-5-7-22)16-24(18-25)20-31-12-10-30(2)11-13-31/h3-9,14,16-18H,10-13,15,19-20H2,1-2H3. The molecule has 0 saturated carbocycles. The number of carbonyl (C=O) groups excluding carboxylic acids is 2. The number of carbonyl (C=O) groups is 2. The molecular weight excluding hydrogens is 410 g/mol. The zero-order valence-corrected chi connectivity index (χ0v) is 19.5. The molecule has 0 bridgehead atoms. The van der Waals surface area contributed by atoms with Crippen molar-refractivity contribution >= 4 is 11.6 Å². The van der Waals surface area contributed by atoms with Gasteiger partial charge in [0.1, 0.15) is 5.69 Å². The summed E-state index contributed by atoms with van der Waals surface area (Å²) >= 11 is 0. The van der Waals surface area contributed by atoms with Crippen LogP contribution in [0.25, 0.3) is 0 Å². The number of rotatable bonds is 8. The Labute approximate surface area is 196 Å². The first-order valence-corrected chi connectivity index (χ1v) is 11.5. The predicted octanol–water partition coefficient (Wildman–Crippen LogP) is 4.18. The zero-order valence-electron chi connectivity index (χ0n) is 19.5. The van der Waals surface area contributed by atoms with Gasteiger partial charge >= 0.3 is 0 Å². The minimum absolute atomic E-state index is 0.155. The van der Waals surface area contributed by atoms with Crippen LogP contribution in [0.3, 0.4) is 0 Å². The van der Waals surface area contributed by atoms with Gasteiger partial charge in [0.2, 0.25) is 0 Å². The van der Waals surface area contributed by atoms with Crippen LogP contribution >= 0.6 is 0 Å². The van der Waals surface area contributed by atoms with Crippen molar-refractivity contribution in [3.63, 3.8) is 0 Å². The Kier molecular flexibility index (Phi) is 7.43. The van der Waals surface area contributed by atoms with Gasteiger partial charge in [0, 0.05) is 44.5 Å². The van der Waals surface area contributed by atoms with Crippen LogP contribution in [0, 0.1) is 6.92 Å². The second kappa shape index (κ2) is 10.6. The molecule has 0 radical (unpaired) electrons. The molecule has 0 N–H and O–H groups in total. The molecule has 170 valence electrons. The molecule has 3 aromatic rings. The smallest absolute Gasteiger partial charge is 0.188 e. The minimum atomic E-state index is -0.238. The second-order valence-electron chi connectivity index (χ2n) is 9.02. The van der Waals surface area contributed by atoms with E-state index in [-0.39, 0.29) is 18.0 Å². The number of ketones is 2. The van der Waals surface area contributed by atoms with Crippen LogP contribution in [0.5, 0.6) is 0 Å². The van der Waals surface area contributed by atoms with E-state index in [0.717, 1.165) is 55.8 Å². The maximum absolute atomic E-state index is 13.1. The summed E-state index contributed by atoms with van der Waals surface area (Å²) in [4.78, 5) is 34.7. The lowest BCUT2D eigenvalue weighted by Crippen LogP contribution is -2.43. The number of aromatic nitrogens is 1. The number of benzene rings is 2. The van der Waals surface area contributed by atoms with E-state index in [1.54, 1.807) is 12.3 Å². The molecule has 0 aliphatic carbocycles. The number of hydrogen-bond donors (Lipinski definition) is 0. The Balaban J connectivity index is 1.56. The summed E-state index contributed by atoms with van der Waals surface area (Å²) in [7, 11) is 2.15. The Hall–Kier alpha value is -3.15. The summed E-state index contributed by atoms with van der Waals surface area (Å²) in [5.74, 6) is -0.393. The van der Waals surface area contributed by atoms with Crippen LogP contribution in [-0.2, 0) is 13.0 Å². The molecule has 0 unspecified atom stereocenters. The van der Waals surface area contributed by atoms with Gasteiger partial charge in [0.25, 0.3) is 0 Å². The average molecular weight is 442 g/mol. The van der Waals surface area contributed by atoms with Crippen molar-refractivity contribution in [1.82, 2.24) is 14.8 Å². The van der Waals surface area contributed by atoms with Crippen molar-refractivity contribution in [2.75, 3.05) is 33.2 Å². The number of piperazine rings is 1.